The number of benzene rings is 2. The molecular formula is C16H13N3O. The minimum absolute atomic E-state index is 0.0237. The molecule has 1 fully saturated rings. The maximum Gasteiger partial charge on any atom is 0.251 e. The van der Waals surface area contributed by atoms with Crippen LogP contribution in [0.25, 0.3) is 22.1 Å². The topological polar surface area (TPSA) is 54.9 Å². The number of nitrogens with one attached hydrogen (secondary N) is 1. The molecular weight excluding hydrogens is 250 g/mol. The van der Waals surface area contributed by atoms with Crippen molar-refractivity contribution < 1.29 is 4.79 Å². The highest BCUT2D eigenvalue weighted by Gasteiger charge is 2.23. The lowest BCUT2D eigenvalue weighted by molar-refractivity contribution is 0.0951. The summed E-state index contributed by atoms with van der Waals surface area (Å²) < 4.78 is 0. The fourth-order valence-corrected chi connectivity index (χ4v) is 2.26. The number of carbonyl (C=O) groups is 1. The van der Waals surface area contributed by atoms with E-state index in [9.17, 15) is 4.79 Å². The van der Waals surface area contributed by atoms with Crippen molar-refractivity contribution in [1.29, 1.82) is 0 Å². The standard InChI is InChI=1S/C16H13N3O/c20-16(17-11-6-7-11)10-5-8-14-15(9-10)19-13-4-2-1-3-12(13)18-14/h1-5,8-9,11H,6-7H2,(H,17,20). The van der Waals surface area contributed by atoms with E-state index in [1.54, 1.807) is 0 Å². The summed E-state index contributed by atoms with van der Waals surface area (Å²) in [5.41, 5.74) is 3.93. The average molecular weight is 263 g/mol. The first-order valence-corrected chi connectivity index (χ1v) is 6.77. The van der Waals surface area contributed by atoms with Crippen molar-refractivity contribution in [3.8, 4) is 0 Å². The van der Waals surface area contributed by atoms with E-state index in [4.69, 9.17) is 0 Å². The zero-order valence-electron chi connectivity index (χ0n) is 10.8. The number of aromatic nitrogens is 2. The molecule has 1 aromatic heterocycles. The molecule has 1 aliphatic rings. The molecule has 1 N–H and O–H groups in total. The van der Waals surface area contributed by atoms with Crippen LogP contribution in [0, 0.1) is 0 Å². The van der Waals surface area contributed by atoms with E-state index in [0.29, 0.717) is 11.6 Å². The summed E-state index contributed by atoms with van der Waals surface area (Å²) in [4.78, 5) is 21.2. The summed E-state index contributed by atoms with van der Waals surface area (Å²) in [6, 6.07) is 13.6. The van der Waals surface area contributed by atoms with E-state index in [0.717, 1.165) is 34.9 Å². The Morgan fingerprint density at radius 2 is 1.60 bits per heavy atom. The number of para-hydroxylation sites is 2. The quantitative estimate of drug-likeness (QED) is 0.723. The Morgan fingerprint density at radius 3 is 2.30 bits per heavy atom. The van der Waals surface area contributed by atoms with Gasteiger partial charge in [-0.05, 0) is 43.2 Å². The molecule has 0 radical (unpaired) electrons. The fraction of sp³-hybridized carbons (Fsp3) is 0.188. The molecule has 0 spiro atoms. The molecule has 0 saturated heterocycles. The molecule has 20 heavy (non-hydrogen) atoms. The Morgan fingerprint density at radius 1 is 0.950 bits per heavy atom. The van der Waals surface area contributed by atoms with Gasteiger partial charge in [0, 0.05) is 11.6 Å². The third-order valence-corrected chi connectivity index (χ3v) is 3.51. The van der Waals surface area contributed by atoms with Gasteiger partial charge in [-0.2, -0.15) is 0 Å². The second-order valence-corrected chi connectivity index (χ2v) is 5.16. The molecule has 0 aliphatic heterocycles. The molecule has 1 saturated carbocycles. The van der Waals surface area contributed by atoms with Crippen molar-refractivity contribution in [2.75, 3.05) is 0 Å². The van der Waals surface area contributed by atoms with Crippen molar-refractivity contribution in [3.05, 3.63) is 48.0 Å². The van der Waals surface area contributed by atoms with Crippen LogP contribution in [0.4, 0.5) is 0 Å². The number of carbonyl (C=O) groups excluding carboxylic acids is 1. The number of hydrogen-bond donors (Lipinski definition) is 1. The van der Waals surface area contributed by atoms with Gasteiger partial charge in [0.05, 0.1) is 22.1 Å². The molecule has 4 rings (SSSR count). The molecule has 0 atom stereocenters. The molecule has 4 nitrogen and oxygen atoms in total. The second-order valence-electron chi connectivity index (χ2n) is 5.16. The minimum Gasteiger partial charge on any atom is -0.349 e. The molecule has 2 aromatic carbocycles. The molecule has 4 heteroatoms. The number of hydrogen-bond acceptors (Lipinski definition) is 3. The predicted octanol–water partition coefficient (Wildman–Crippen LogP) is 2.68. The van der Waals surface area contributed by atoms with E-state index >= 15 is 0 Å². The van der Waals surface area contributed by atoms with E-state index in [-0.39, 0.29) is 5.91 Å². The summed E-state index contributed by atoms with van der Waals surface area (Å²) in [6.45, 7) is 0. The van der Waals surface area contributed by atoms with Crippen LogP contribution in [0.5, 0.6) is 0 Å². The van der Waals surface area contributed by atoms with Gasteiger partial charge in [0.15, 0.2) is 0 Å². The van der Waals surface area contributed by atoms with Gasteiger partial charge in [0.25, 0.3) is 5.91 Å². The lowest BCUT2D eigenvalue weighted by Crippen LogP contribution is -2.25. The van der Waals surface area contributed by atoms with Crippen LogP contribution in [-0.2, 0) is 0 Å². The summed E-state index contributed by atoms with van der Waals surface area (Å²) >= 11 is 0. The van der Waals surface area contributed by atoms with Crippen LogP contribution < -0.4 is 5.32 Å². The summed E-state index contributed by atoms with van der Waals surface area (Å²) in [5.74, 6) is -0.0237. The first-order valence-electron chi connectivity index (χ1n) is 6.77. The highest BCUT2D eigenvalue weighted by Crippen LogP contribution is 2.21. The van der Waals surface area contributed by atoms with E-state index in [1.165, 1.54) is 0 Å². The first-order chi connectivity index (χ1) is 9.79. The Balaban J connectivity index is 1.80. The van der Waals surface area contributed by atoms with Gasteiger partial charge >= 0.3 is 0 Å². The van der Waals surface area contributed by atoms with Gasteiger partial charge in [-0.1, -0.05) is 12.1 Å². The van der Waals surface area contributed by atoms with Crippen LogP contribution in [0.1, 0.15) is 23.2 Å². The summed E-state index contributed by atoms with van der Waals surface area (Å²) in [5, 5.41) is 2.98. The largest absolute Gasteiger partial charge is 0.349 e. The highest BCUT2D eigenvalue weighted by molar-refractivity contribution is 5.98. The third-order valence-electron chi connectivity index (χ3n) is 3.51. The number of fused-ring (bicyclic) bond motifs is 2. The van der Waals surface area contributed by atoms with Gasteiger partial charge < -0.3 is 5.32 Å². The number of rotatable bonds is 2. The average Bonchev–Trinajstić information content (AvgIpc) is 3.28. The van der Waals surface area contributed by atoms with Crippen molar-refractivity contribution >= 4 is 28.0 Å². The lowest BCUT2D eigenvalue weighted by atomic mass is 10.1. The van der Waals surface area contributed by atoms with Crippen LogP contribution in [0.2, 0.25) is 0 Å². The first kappa shape index (κ1) is 11.3. The Bertz CT molecular complexity index is 824. The third kappa shape index (κ3) is 1.99. The molecule has 1 heterocycles. The summed E-state index contributed by atoms with van der Waals surface area (Å²) in [6.07, 6.45) is 2.17. The highest BCUT2D eigenvalue weighted by atomic mass is 16.1. The normalized spacial score (nSPS) is 14.6. The van der Waals surface area contributed by atoms with Crippen LogP contribution >= 0.6 is 0 Å². The predicted molar refractivity (Wildman–Crippen MR) is 77.5 cm³/mol. The number of amides is 1. The van der Waals surface area contributed by atoms with Crippen molar-refractivity contribution in [1.82, 2.24) is 15.3 Å². The maximum absolute atomic E-state index is 12.0. The lowest BCUT2D eigenvalue weighted by Gasteiger charge is -2.05. The summed E-state index contributed by atoms with van der Waals surface area (Å²) in [7, 11) is 0. The van der Waals surface area contributed by atoms with Gasteiger partial charge in [-0.15, -0.1) is 0 Å². The molecule has 3 aromatic rings. The fourth-order valence-electron chi connectivity index (χ4n) is 2.26. The monoisotopic (exact) mass is 263 g/mol. The second kappa shape index (κ2) is 4.27. The van der Waals surface area contributed by atoms with Gasteiger partial charge in [0.1, 0.15) is 0 Å². The molecule has 1 amide bonds. The minimum atomic E-state index is -0.0237. The van der Waals surface area contributed by atoms with Crippen LogP contribution in [0.15, 0.2) is 42.5 Å². The number of nitrogens with zero attached hydrogens (tertiary/aromatic N) is 2. The maximum atomic E-state index is 12.0. The van der Waals surface area contributed by atoms with E-state index < -0.39 is 0 Å². The van der Waals surface area contributed by atoms with Gasteiger partial charge in [0.2, 0.25) is 0 Å². The molecule has 98 valence electrons. The van der Waals surface area contributed by atoms with Crippen molar-refractivity contribution in [2.24, 2.45) is 0 Å². The zero-order valence-corrected chi connectivity index (χ0v) is 10.8. The van der Waals surface area contributed by atoms with E-state index in [2.05, 4.69) is 15.3 Å². The van der Waals surface area contributed by atoms with Crippen LogP contribution in [0.3, 0.4) is 0 Å². The zero-order chi connectivity index (χ0) is 13.5. The van der Waals surface area contributed by atoms with Crippen molar-refractivity contribution in [2.45, 2.75) is 18.9 Å². The van der Waals surface area contributed by atoms with Crippen molar-refractivity contribution in [3.63, 3.8) is 0 Å². The Hall–Kier alpha value is -2.49. The van der Waals surface area contributed by atoms with Gasteiger partial charge in [-0.3, -0.25) is 4.79 Å². The molecule has 0 bridgehead atoms. The van der Waals surface area contributed by atoms with Gasteiger partial charge in [-0.25, -0.2) is 9.97 Å². The smallest absolute Gasteiger partial charge is 0.251 e. The molecule has 1 aliphatic carbocycles. The van der Waals surface area contributed by atoms with Crippen LogP contribution in [-0.4, -0.2) is 21.9 Å². The van der Waals surface area contributed by atoms with E-state index in [1.807, 2.05) is 42.5 Å². The molecule has 0 unspecified atom stereocenters. The SMILES string of the molecule is O=C(NC1CC1)c1ccc2nc3ccccc3nc2c1. The Labute approximate surface area is 115 Å². The Kier molecular flexibility index (Phi) is 2.42.